The molecule has 0 saturated carbocycles. The summed E-state index contributed by atoms with van der Waals surface area (Å²) in [6.07, 6.45) is 7.02. The minimum atomic E-state index is 1.04. The molecule has 1 nitrogen and oxygen atoms in total. The van der Waals surface area contributed by atoms with Crippen LogP contribution in [0.3, 0.4) is 0 Å². The molecule has 0 fully saturated rings. The Morgan fingerprint density at radius 3 is 2.57 bits per heavy atom. The van der Waals surface area contributed by atoms with Crippen molar-refractivity contribution in [2.24, 2.45) is 0 Å². The van der Waals surface area contributed by atoms with Gasteiger partial charge in [-0.2, -0.15) is 0 Å². The predicted molar refractivity (Wildman–Crippen MR) is 87.0 cm³/mol. The number of hydrogen-bond donors (Lipinski definition) is 0. The van der Waals surface area contributed by atoms with Gasteiger partial charge in [0.25, 0.3) is 0 Å². The summed E-state index contributed by atoms with van der Waals surface area (Å²) >= 11 is 0. The summed E-state index contributed by atoms with van der Waals surface area (Å²) in [5, 5.41) is 0. The Hall–Kier alpha value is -2.41. The Morgan fingerprint density at radius 1 is 0.857 bits per heavy atom. The average Bonchev–Trinajstić information content (AvgIpc) is 2.57. The summed E-state index contributed by atoms with van der Waals surface area (Å²) in [6.45, 7) is 0. The molecular formula is C20H18N. The quantitative estimate of drug-likeness (QED) is 0.654. The van der Waals surface area contributed by atoms with Crippen LogP contribution in [-0.2, 0) is 12.8 Å². The first kappa shape index (κ1) is 13.6. The van der Waals surface area contributed by atoms with Crippen LogP contribution < -0.4 is 0 Å². The molecule has 21 heavy (non-hydrogen) atoms. The fourth-order valence-corrected chi connectivity index (χ4v) is 2.58. The zero-order valence-corrected chi connectivity index (χ0v) is 12.0. The first-order valence-corrected chi connectivity index (χ1v) is 7.37. The highest BCUT2D eigenvalue weighted by molar-refractivity contribution is 5.66. The van der Waals surface area contributed by atoms with E-state index in [-0.39, 0.29) is 0 Å². The number of nitrogens with zero attached hydrogens (tertiary/aromatic N) is 1. The fraction of sp³-hybridized carbons (Fsp3) is 0.150. The molecule has 0 amide bonds. The van der Waals surface area contributed by atoms with Crippen molar-refractivity contribution in [3.63, 3.8) is 0 Å². The second-order valence-electron chi connectivity index (χ2n) is 5.14. The van der Waals surface area contributed by atoms with Crippen LogP contribution in [0.2, 0.25) is 0 Å². The lowest BCUT2D eigenvalue weighted by atomic mass is 9.96. The molecule has 1 radical (unpaired) electrons. The first-order chi connectivity index (χ1) is 10.4. The van der Waals surface area contributed by atoms with E-state index in [1.165, 1.54) is 22.3 Å². The van der Waals surface area contributed by atoms with Crippen LogP contribution in [-0.4, -0.2) is 4.98 Å². The number of hydrogen-bond acceptors (Lipinski definition) is 1. The highest BCUT2D eigenvalue weighted by atomic mass is 14.6. The standard InChI is InChI=1S/C20H18N/c1-2-8-17(9-3-1)10-6-12-18-11-4-5-14-20(18)19-13-7-15-21-16-19/h1-5,7-9,13-16H,6,10,12H2. The maximum atomic E-state index is 4.22. The molecule has 2 aromatic carbocycles. The van der Waals surface area contributed by atoms with E-state index in [0.29, 0.717) is 0 Å². The highest BCUT2D eigenvalue weighted by Gasteiger charge is 2.04. The summed E-state index contributed by atoms with van der Waals surface area (Å²) in [6, 6.07) is 24.3. The van der Waals surface area contributed by atoms with Gasteiger partial charge in [0, 0.05) is 18.0 Å². The number of aromatic nitrogens is 1. The number of benzene rings is 2. The third-order valence-electron chi connectivity index (χ3n) is 3.65. The lowest BCUT2D eigenvalue weighted by Crippen LogP contribution is -1.93. The lowest BCUT2D eigenvalue weighted by molar-refractivity contribution is 0.821. The van der Waals surface area contributed by atoms with Gasteiger partial charge >= 0.3 is 0 Å². The molecule has 1 aromatic heterocycles. The van der Waals surface area contributed by atoms with Gasteiger partial charge in [-0.15, -0.1) is 0 Å². The highest BCUT2D eigenvalue weighted by Crippen LogP contribution is 2.23. The SMILES string of the molecule is [c]1cccc(-c2cccnc2)c1CCCc1ccccc1. The molecule has 1 heteroatoms. The molecule has 0 saturated heterocycles. The van der Waals surface area contributed by atoms with E-state index in [9.17, 15) is 0 Å². The van der Waals surface area contributed by atoms with E-state index >= 15 is 0 Å². The van der Waals surface area contributed by atoms with Crippen LogP contribution in [0.1, 0.15) is 17.5 Å². The van der Waals surface area contributed by atoms with Gasteiger partial charge in [0.2, 0.25) is 0 Å². The topological polar surface area (TPSA) is 12.9 Å². The largest absolute Gasteiger partial charge is 0.264 e. The second kappa shape index (κ2) is 6.85. The molecule has 0 unspecified atom stereocenters. The van der Waals surface area contributed by atoms with Crippen LogP contribution in [0.4, 0.5) is 0 Å². The van der Waals surface area contributed by atoms with E-state index < -0.39 is 0 Å². The van der Waals surface area contributed by atoms with Crippen LogP contribution in [0.5, 0.6) is 0 Å². The van der Waals surface area contributed by atoms with Gasteiger partial charge in [-0.25, -0.2) is 0 Å². The summed E-state index contributed by atoms with van der Waals surface area (Å²) in [5.41, 5.74) is 5.10. The summed E-state index contributed by atoms with van der Waals surface area (Å²) in [4.78, 5) is 4.22. The van der Waals surface area contributed by atoms with Crippen LogP contribution in [0.25, 0.3) is 11.1 Å². The van der Waals surface area contributed by atoms with Crippen molar-refractivity contribution in [2.45, 2.75) is 19.3 Å². The molecule has 0 atom stereocenters. The van der Waals surface area contributed by atoms with E-state index in [2.05, 4.69) is 53.5 Å². The molecule has 0 bridgehead atoms. The van der Waals surface area contributed by atoms with Crippen molar-refractivity contribution in [1.29, 1.82) is 0 Å². The van der Waals surface area contributed by atoms with E-state index in [1.54, 1.807) is 0 Å². The average molecular weight is 272 g/mol. The normalized spacial score (nSPS) is 10.5. The molecule has 0 N–H and O–H groups in total. The smallest absolute Gasteiger partial charge is 0.0346 e. The molecule has 0 aliphatic heterocycles. The summed E-state index contributed by atoms with van der Waals surface area (Å²) in [7, 11) is 0. The van der Waals surface area contributed by atoms with Crippen molar-refractivity contribution in [1.82, 2.24) is 4.98 Å². The van der Waals surface area contributed by atoms with Gasteiger partial charge < -0.3 is 0 Å². The first-order valence-electron chi connectivity index (χ1n) is 7.37. The Morgan fingerprint density at radius 2 is 1.76 bits per heavy atom. The van der Waals surface area contributed by atoms with Crippen molar-refractivity contribution in [3.05, 3.63) is 90.3 Å². The number of pyridine rings is 1. The molecule has 0 aliphatic rings. The van der Waals surface area contributed by atoms with E-state index in [4.69, 9.17) is 0 Å². The monoisotopic (exact) mass is 272 g/mol. The Bertz CT molecular complexity index is 674. The van der Waals surface area contributed by atoms with Crippen molar-refractivity contribution in [2.75, 3.05) is 0 Å². The molecule has 0 spiro atoms. The van der Waals surface area contributed by atoms with Gasteiger partial charge in [0.1, 0.15) is 0 Å². The molecule has 0 aliphatic carbocycles. The van der Waals surface area contributed by atoms with Gasteiger partial charge in [0.05, 0.1) is 0 Å². The Kier molecular flexibility index (Phi) is 4.42. The third kappa shape index (κ3) is 3.57. The zero-order chi connectivity index (χ0) is 14.3. The fourth-order valence-electron chi connectivity index (χ4n) is 2.58. The summed E-state index contributed by atoms with van der Waals surface area (Å²) < 4.78 is 0. The van der Waals surface area contributed by atoms with E-state index in [0.717, 1.165) is 19.3 Å². The molecular weight excluding hydrogens is 254 g/mol. The van der Waals surface area contributed by atoms with Crippen molar-refractivity contribution < 1.29 is 0 Å². The number of rotatable bonds is 5. The second-order valence-corrected chi connectivity index (χ2v) is 5.14. The van der Waals surface area contributed by atoms with Gasteiger partial charge in [-0.05, 0) is 48.1 Å². The lowest BCUT2D eigenvalue weighted by Gasteiger charge is -2.09. The van der Waals surface area contributed by atoms with Crippen LogP contribution in [0, 0.1) is 6.07 Å². The minimum Gasteiger partial charge on any atom is -0.264 e. The van der Waals surface area contributed by atoms with Gasteiger partial charge in [0.15, 0.2) is 0 Å². The molecule has 3 rings (SSSR count). The van der Waals surface area contributed by atoms with Crippen LogP contribution in [0.15, 0.2) is 73.1 Å². The Balaban J connectivity index is 1.71. The Labute approximate surface area is 126 Å². The maximum absolute atomic E-state index is 4.22. The molecule has 1 heterocycles. The summed E-state index contributed by atoms with van der Waals surface area (Å²) in [5.74, 6) is 0. The third-order valence-corrected chi connectivity index (χ3v) is 3.65. The maximum Gasteiger partial charge on any atom is 0.0346 e. The zero-order valence-electron chi connectivity index (χ0n) is 12.0. The van der Waals surface area contributed by atoms with E-state index in [1.807, 2.05) is 30.6 Å². The number of aryl methyl sites for hydroxylation is 2. The van der Waals surface area contributed by atoms with Crippen molar-refractivity contribution in [3.8, 4) is 11.1 Å². The van der Waals surface area contributed by atoms with Crippen LogP contribution >= 0.6 is 0 Å². The van der Waals surface area contributed by atoms with Crippen molar-refractivity contribution >= 4 is 0 Å². The molecule has 3 aromatic rings. The van der Waals surface area contributed by atoms with Gasteiger partial charge in [-0.3, -0.25) is 4.98 Å². The van der Waals surface area contributed by atoms with Gasteiger partial charge in [-0.1, -0.05) is 54.6 Å². The predicted octanol–water partition coefficient (Wildman–Crippen LogP) is 4.72. The molecule has 103 valence electrons. The minimum absolute atomic E-state index is 1.04.